The number of carbonyl (C=O) groups is 2. The molecule has 0 fully saturated rings. The Labute approximate surface area is 318 Å². The predicted molar refractivity (Wildman–Crippen MR) is 219 cm³/mol. The molecular weight excluding hydrogens is 633 g/mol. The predicted octanol–water partition coefficient (Wildman–Crippen LogP) is 14.5. The van der Waals surface area contributed by atoms with Crippen LogP contribution in [0, 0.1) is 0 Å². The SMILES string of the molecule is CCCC/C=C\CCCCCCCC(=O)OC(CO)COC(=O)CCCCCCCCCCCCCCCCCCCCCCCCCCCC. The van der Waals surface area contributed by atoms with E-state index in [1.807, 2.05) is 0 Å². The number of esters is 2. The van der Waals surface area contributed by atoms with Crippen molar-refractivity contribution >= 4 is 11.9 Å². The molecule has 0 aromatic heterocycles. The molecule has 1 atom stereocenters. The zero-order chi connectivity index (χ0) is 37.1. The van der Waals surface area contributed by atoms with Gasteiger partial charge in [-0.3, -0.25) is 9.59 Å². The van der Waals surface area contributed by atoms with Crippen molar-refractivity contribution < 1.29 is 24.2 Å². The average Bonchev–Trinajstić information content (AvgIpc) is 3.13. The van der Waals surface area contributed by atoms with Gasteiger partial charge in [-0.1, -0.05) is 219 Å². The van der Waals surface area contributed by atoms with Crippen molar-refractivity contribution in [1.82, 2.24) is 0 Å². The summed E-state index contributed by atoms with van der Waals surface area (Å²) in [5.74, 6) is -0.589. The maximum Gasteiger partial charge on any atom is 0.306 e. The number of aliphatic hydroxyl groups is 1. The van der Waals surface area contributed by atoms with Crippen LogP contribution in [-0.2, 0) is 19.1 Å². The Bertz CT molecular complexity index is 735. The van der Waals surface area contributed by atoms with Gasteiger partial charge in [0.05, 0.1) is 6.61 Å². The van der Waals surface area contributed by atoms with Crippen LogP contribution in [0.15, 0.2) is 12.2 Å². The molecule has 0 saturated carbocycles. The third-order valence-corrected chi connectivity index (χ3v) is 10.3. The minimum absolute atomic E-state index is 0.0632. The number of aliphatic hydroxyl groups excluding tert-OH is 1. The molecule has 0 heterocycles. The lowest BCUT2D eigenvalue weighted by Crippen LogP contribution is -2.28. The first-order valence-corrected chi connectivity index (χ1v) is 22.7. The lowest BCUT2D eigenvalue weighted by molar-refractivity contribution is -0.161. The van der Waals surface area contributed by atoms with Gasteiger partial charge in [-0.15, -0.1) is 0 Å². The van der Waals surface area contributed by atoms with Gasteiger partial charge in [0.25, 0.3) is 0 Å². The number of hydrogen-bond donors (Lipinski definition) is 1. The Morgan fingerprint density at radius 2 is 0.745 bits per heavy atom. The van der Waals surface area contributed by atoms with E-state index in [0.29, 0.717) is 12.8 Å². The van der Waals surface area contributed by atoms with Crippen LogP contribution in [0.1, 0.15) is 251 Å². The van der Waals surface area contributed by atoms with E-state index >= 15 is 0 Å². The maximum absolute atomic E-state index is 12.1. The molecule has 0 aromatic rings. The fraction of sp³-hybridized carbons (Fsp3) is 0.913. The van der Waals surface area contributed by atoms with Gasteiger partial charge >= 0.3 is 11.9 Å². The molecule has 0 saturated heterocycles. The molecule has 0 amide bonds. The van der Waals surface area contributed by atoms with Gasteiger partial charge < -0.3 is 14.6 Å². The van der Waals surface area contributed by atoms with Crippen molar-refractivity contribution in [3.8, 4) is 0 Å². The van der Waals surface area contributed by atoms with Crippen LogP contribution in [0.4, 0.5) is 0 Å². The van der Waals surface area contributed by atoms with Gasteiger partial charge in [0.2, 0.25) is 0 Å². The van der Waals surface area contributed by atoms with Gasteiger partial charge in [-0.25, -0.2) is 0 Å². The Hall–Kier alpha value is -1.36. The van der Waals surface area contributed by atoms with Gasteiger partial charge in [0.15, 0.2) is 6.10 Å². The highest BCUT2D eigenvalue weighted by molar-refractivity contribution is 5.70. The molecule has 1 N–H and O–H groups in total. The van der Waals surface area contributed by atoms with Crippen LogP contribution in [0.5, 0.6) is 0 Å². The number of hydrogen-bond acceptors (Lipinski definition) is 5. The van der Waals surface area contributed by atoms with Crippen molar-refractivity contribution in [3.63, 3.8) is 0 Å². The zero-order valence-electron chi connectivity index (χ0n) is 34.4. The van der Waals surface area contributed by atoms with Crippen LogP contribution in [0.25, 0.3) is 0 Å². The largest absolute Gasteiger partial charge is 0.462 e. The third-order valence-electron chi connectivity index (χ3n) is 10.3. The van der Waals surface area contributed by atoms with Crippen molar-refractivity contribution in [1.29, 1.82) is 0 Å². The highest BCUT2D eigenvalue weighted by Crippen LogP contribution is 2.16. The van der Waals surface area contributed by atoms with Crippen molar-refractivity contribution in [2.45, 2.75) is 258 Å². The Morgan fingerprint density at radius 1 is 0.431 bits per heavy atom. The molecule has 0 aliphatic carbocycles. The van der Waals surface area contributed by atoms with E-state index in [1.165, 1.54) is 186 Å². The zero-order valence-corrected chi connectivity index (χ0v) is 34.4. The number of carbonyl (C=O) groups excluding carboxylic acids is 2. The smallest absolute Gasteiger partial charge is 0.306 e. The lowest BCUT2D eigenvalue weighted by Gasteiger charge is -2.15. The molecule has 0 radical (unpaired) electrons. The third kappa shape index (κ3) is 41.3. The number of rotatable bonds is 42. The summed E-state index contributed by atoms with van der Waals surface area (Å²) in [5, 5.41) is 9.55. The Balaban J connectivity index is 3.40. The second-order valence-corrected chi connectivity index (χ2v) is 15.5. The molecule has 0 aliphatic rings. The highest BCUT2D eigenvalue weighted by Gasteiger charge is 2.16. The topological polar surface area (TPSA) is 72.8 Å². The summed E-state index contributed by atoms with van der Waals surface area (Å²) >= 11 is 0. The molecule has 0 aromatic carbocycles. The molecule has 0 rings (SSSR count). The summed E-state index contributed by atoms with van der Waals surface area (Å²) in [6.45, 7) is 4.12. The Morgan fingerprint density at radius 3 is 1.12 bits per heavy atom. The summed E-state index contributed by atoms with van der Waals surface area (Å²) in [5.41, 5.74) is 0. The molecule has 0 spiro atoms. The van der Waals surface area contributed by atoms with Crippen molar-refractivity contribution in [2.75, 3.05) is 13.2 Å². The summed E-state index contributed by atoms with van der Waals surface area (Å²) in [6, 6.07) is 0. The molecule has 5 heteroatoms. The summed E-state index contributed by atoms with van der Waals surface area (Å²) in [7, 11) is 0. The van der Waals surface area contributed by atoms with Crippen molar-refractivity contribution in [3.05, 3.63) is 12.2 Å². The maximum atomic E-state index is 12.1. The van der Waals surface area contributed by atoms with E-state index in [9.17, 15) is 14.7 Å². The molecule has 51 heavy (non-hydrogen) atoms. The summed E-state index contributed by atoms with van der Waals surface area (Å²) < 4.78 is 10.6. The molecule has 5 nitrogen and oxygen atoms in total. The van der Waals surface area contributed by atoms with Crippen LogP contribution >= 0.6 is 0 Å². The summed E-state index contributed by atoms with van der Waals surface area (Å²) in [6.07, 6.45) is 50.2. The molecule has 1 unspecified atom stereocenters. The van der Waals surface area contributed by atoms with E-state index in [1.54, 1.807) is 0 Å². The first-order chi connectivity index (χ1) is 25.1. The Kier molecular flexibility index (Phi) is 41.9. The fourth-order valence-corrected chi connectivity index (χ4v) is 6.83. The second kappa shape index (κ2) is 43.0. The van der Waals surface area contributed by atoms with Crippen LogP contribution in [-0.4, -0.2) is 36.4 Å². The van der Waals surface area contributed by atoms with E-state index in [4.69, 9.17) is 9.47 Å². The molecule has 302 valence electrons. The van der Waals surface area contributed by atoms with E-state index < -0.39 is 6.10 Å². The lowest BCUT2D eigenvalue weighted by atomic mass is 10.0. The minimum Gasteiger partial charge on any atom is -0.462 e. The normalized spacial score (nSPS) is 12.1. The summed E-state index contributed by atoms with van der Waals surface area (Å²) in [4.78, 5) is 24.3. The van der Waals surface area contributed by atoms with Gasteiger partial charge in [0.1, 0.15) is 6.61 Å². The number of unbranched alkanes of at least 4 members (excludes halogenated alkanes) is 32. The fourth-order valence-electron chi connectivity index (χ4n) is 6.83. The molecule has 0 bridgehead atoms. The van der Waals surface area contributed by atoms with Gasteiger partial charge in [0, 0.05) is 12.8 Å². The van der Waals surface area contributed by atoms with Crippen molar-refractivity contribution in [2.24, 2.45) is 0 Å². The standard InChI is InChI=1S/C46H88O5/c1-3-5-7-9-11-13-15-16-17-18-19-20-21-22-23-24-25-26-27-28-29-31-32-34-36-38-40-45(48)50-43-44(42-47)51-46(49)41-39-37-35-33-30-14-12-10-8-6-4-2/h10,12,44,47H,3-9,11,13-43H2,1-2H3/b12-10-. The highest BCUT2D eigenvalue weighted by atomic mass is 16.6. The van der Waals surface area contributed by atoms with Crippen LogP contribution < -0.4 is 0 Å². The molecule has 0 aliphatic heterocycles. The number of allylic oxidation sites excluding steroid dienone is 2. The van der Waals surface area contributed by atoms with Gasteiger partial charge in [-0.2, -0.15) is 0 Å². The first kappa shape index (κ1) is 49.6. The second-order valence-electron chi connectivity index (χ2n) is 15.5. The van der Waals surface area contributed by atoms with E-state index in [2.05, 4.69) is 26.0 Å². The first-order valence-electron chi connectivity index (χ1n) is 22.7. The monoisotopic (exact) mass is 721 g/mol. The minimum atomic E-state index is -0.769. The average molecular weight is 721 g/mol. The number of ether oxygens (including phenoxy) is 2. The van der Waals surface area contributed by atoms with Crippen LogP contribution in [0.2, 0.25) is 0 Å². The quantitative estimate of drug-likeness (QED) is 0.0386. The van der Waals surface area contributed by atoms with E-state index in [0.717, 1.165) is 38.5 Å². The van der Waals surface area contributed by atoms with Gasteiger partial charge in [-0.05, 0) is 32.1 Å². The molecular formula is C46H88O5. The van der Waals surface area contributed by atoms with Crippen LogP contribution in [0.3, 0.4) is 0 Å². The van der Waals surface area contributed by atoms with E-state index in [-0.39, 0.29) is 25.2 Å².